The van der Waals surface area contributed by atoms with E-state index in [2.05, 4.69) is 27.6 Å². The largest absolute Gasteiger partial charge is 0.314 e. The summed E-state index contributed by atoms with van der Waals surface area (Å²) in [5, 5.41) is 11.3. The van der Waals surface area contributed by atoms with E-state index in [4.69, 9.17) is 11.6 Å². The zero-order chi connectivity index (χ0) is 16.9. The Bertz CT molecular complexity index is 702. The van der Waals surface area contributed by atoms with Crippen LogP contribution < -0.4 is 10.6 Å². The third-order valence-electron chi connectivity index (χ3n) is 4.25. The van der Waals surface area contributed by atoms with Gasteiger partial charge in [0.05, 0.1) is 19.3 Å². The molecule has 0 unspecified atom stereocenters. The summed E-state index contributed by atoms with van der Waals surface area (Å²) < 4.78 is 1.75. The summed E-state index contributed by atoms with van der Waals surface area (Å²) >= 11 is 6.20. The van der Waals surface area contributed by atoms with Gasteiger partial charge in [-0.1, -0.05) is 29.8 Å². The number of hydrogen-bond acceptors (Lipinski definition) is 4. The summed E-state index contributed by atoms with van der Waals surface area (Å²) in [4.78, 5) is 14.5. The molecule has 1 aliphatic heterocycles. The first-order valence-electron chi connectivity index (χ1n) is 8.13. The molecule has 24 heavy (non-hydrogen) atoms. The predicted molar refractivity (Wildman–Crippen MR) is 95.3 cm³/mol. The van der Waals surface area contributed by atoms with Crippen molar-refractivity contribution in [3.63, 3.8) is 0 Å². The van der Waals surface area contributed by atoms with Gasteiger partial charge in [0.2, 0.25) is 5.91 Å². The normalized spacial score (nSPS) is 18.5. The van der Waals surface area contributed by atoms with E-state index in [9.17, 15) is 4.79 Å². The van der Waals surface area contributed by atoms with Crippen molar-refractivity contribution in [2.75, 3.05) is 31.5 Å². The first-order valence-corrected chi connectivity index (χ1v) is 8.51. The molecule has 2 aromatic rings. The summed E-state index contributed by atoms with van der Waals surface area (Å²) in [6, 6.07) is 9.80. The first kappa shape index (κ1) is 17.0. The van der Waals surface area contributed by atoms with Crippen molar-refractivity contribution < 1.29 is 4.79 Å². The third-order valence-corrected chi connectivity index (χ3v) is 4.62. The molecule has 0 bridgehead atoms. The summed E-state index contributed by atoms with van der Waals surface area (Å²) in [6.45, 7) is 5.75. The summed E-state index contributed by atoms with van der Waals surface area (Å²) in [6.07, 6.45) is 1.68. The van der Waals surface area contributed by atoms with E-state index in [0.29, 0.717) is 30.0 Å². The molecule has 0 spiro atoms. The van der Waals surface area contributed by atoms with Gasteiger partial charge in [-0.3, -0.25) is 9.69 Å². The number of nitrogens with zero attached hydrogens (tertiary/aromatic N) is 3. The molecule has 1 fully saturated rings. The molecule has 1 amide bonds. The number of hydrogen-bond donors (Lipinski definition) is 2. The van der Waals surface area contributed by atoms with E-state index < -0.39 is 0 Å². The first-order chi connectivity index (χ1) is 11.6. The van der Waals surface area contributed by atoms with Crippen LogP contribution in [0.1, 0.15) is 12.5 Å². The Morgan fingerprint density at radius 1 is 1.42 bits per heavy atom. The van der Waals surface area contributed by atoms with Crippen LogP contribution in [0.4, 0.5) is 5.82 Å². The number of anilines is 1. The second kappa shape index (κ2) is 7.79. The highest BCUT2D eigenvalue weighted by atomic mass is 35.5. The van der Waals surface area contributed by atoms with Gasteiger partial charge in [0, 0.05) is 36.8 Å². The molecule has 2 N–H and O–H groups in total. The fourth-order valence-electron chi connectivity index (χ4n) is 2.84. The fraction of sp³-hybridized carbons (Fsp3) is 0.412. The molecule has 1 atom stereocenters. The molecule has 0 saturated carbocycles. The molecular formula is C17H22ClN5O. The van der Waals surface area contributed by atoms with Crippen molar-refractivity contribution in [1.29, 1.82) is 0 Å². The standard InChI is InChI=1S/C17H22ClN5O/c1-13-10-19-8-9-22(13)12-17(24)21-16-6-7-20-23(16)11-14-4-2-3-5-15(14)18/h2-7,13,19H,8-12H2,1H3,(H,21,24)/t13-/m0/s1. The molecule has 2 heterocycles. The van der Waals surface area contributed by atoms with Gasteiger partial charge >= 0.3 is 0 Å². The van der Waals surface area contributed by atoms with Crippen LogP contribution in [0.3, 0.4) is 0 Å². The topological polar surface area (TPSA) is 62.2 Å². The lowest BCUT2D eigenvalue weighted by atomic mass is 10.2. The molecule has 0 radical (unpaired) electrons. The van der Waals surface area contributed by atoms with Crippen molar-refractivity contribution in [2.45, 2.75) is 19.5 Å². The maximum Gasteiger partial charge on any atom is 0.239 e. The molecule has 1 aromatic heterocycles. The van der Waals surface area contributed by atoms with Gasteiger partial charge in [-0.05, 0) is 18.6 Å². The zero-order valence-corrected chi connectivity index (χ0v) is 14.5. The van der Waals surface area contributed by atoms with Gasteiger partial charge in [-0.25, -0.2) is 4.68 Å². The molecule has 7 heteroatoms. The van der Waals surface area contributed by atoms with Crippen LogP contribution in [0, 0.1) is 0 Å². The molecule has 1 saturated heterocycles. The van der Waals surface area contributed by atoms with Crippen molar-refractivity contribution in [2.24, 2.45) is 0 Å². The van der Waals surface area contributed by atoms with Gasteiger partial charge in [0.1, 0.15) is 5.82 Å². The van der Waals surface area contributed by atoms with Crippen LogP contribution in [0.2, 0.25) is 5.02 Å². The number of rotatable bonds is 5. The molecule has 3 rings (SSSR count). The third kappa shape index (κ3) is 4.14. The maximum atomic E-state index is 12.4. The van der Waals surface area contributed by atoms with E-state index in [0.717, 1.165) is 25.2 Å². The predicted octanol–water partition coefficient (Wildman–Crippen LogP) is 1.82. The number of carbonyl (C=O) groups is 1. The average molecular weight is 348 g/mol. The Kier molecular flexibility index (Phi) is 5.50. The number of piperazine rings is 1. The lowest BCUT2D eigenvalue weighted by Crippen LogP contribution is -2.52. The van der Waals surface area contributed by atoms with Gasteiger partial charge < -0.3 is 10.6 Å². The van der Waals surface area contributed by atoms with Crippen molar-refractivity contribution in [3.8, 4) is 0 Å². The minimum absolute atomic E-state index is 0.0235. The number of halogens is 1. The minimum Gasteiger partial charge on any atom is -0.314 e. The second-order valence-electron chi connectivity index (χ2n) is 6.04. The van der Waals surface area contributed by atoms with Gasteiger partial charge in [0.25, 0.3) is 0 Å². The Hall–Kier alpha value is -1.89. The highest BCUT2D eigenvalue weighted by Crippen LogP contribution is 2.18. The Morgan fingerprint density at radius 3 is 3.04 bits per heavy atom. The number of amides is 1. The van der Waals surface area contributed by atoms with Gasteiger partial charge in [0.15, 0.2) is 0 Å². The quantitative estimate of drug-likeness (QED) is 0.866. The highest BCUT2D eigenvalue weighted by Gasteiger charge is 2.20. The zero-order valence-electron chi connectivity index (χ0n) is 13.7. The maximum absolute atomic E-state index is 12.4. The smallest absolute Gasteiger partial charge is 0.239 e. The molecule has 1 aliphatic rings. The fourth-order valence-corrected chi connectivity index (χ4v) is 3.03. The summed E-state index contributed by atoms with van der Waals surface area (Å²) in [5.41, 5.74) is 0.967. The van der Waals surface area contributed by atoms with Crippen molar-refractivity contribution >= 4 is 23.3 Å². The number of benzene rings is 1. The highest BCUT2D eigenvalue weighted by molar-refractivity contribution is 6.31. The minimum atomic E-state index is -0.0235. The van der Waals surface area contributed by atoms with Crippen LogP contribution in [-0.4, -0.2) is 52.8 Å². The lowest BCUT2D eigenvalue weighted by Gasteiger charge is -2.33. The van der Waals surface area contributed by atoms with Gasteiger partial charge in [-0.15, -0.1) is 0 Å². The molecule has 0 aliphatic carbocycles. The molecule has 1 aromatic carbocycles. The Balaban J connectivity index is 1.63. The monoisotopic (exact) mass is 347 g/mol. The lowest BCUT2D eigenvalue weighted by molar-refractivity contribution is -0.118. The van der Waals surface area contributed by atoms with Crippen molar-refractivity contribution in [3.05, 3.63) is 47.1 Å². The van der Waals surface area contributed by atoms with Gasteiger partial charge in [-0.2, -0.15) is 5.10 Å². The molecule has 6 nitrogen and oxygen atoms in total. The second-order valence-corrected chi connectivity index (χ2v) is 6.44. The summed E-state index contributed by atoms with van der Waals surface area (Å²) in [7, 11) is 0. The van der Waals surface area contributed by atoms with E-state index in [1.807, 2.05) is 24.3 Å². The van der Waals surface area contributed by atoms with E-state index in [1.54, 1.807) is 16.9 Å². The van der Waals surface area contributed by atoms with E-state index >= 15 is 0 Å². The number of aromatic nitrogens is 2. The summed E-state index contributed by atoms with van der Waals surface area (Å²) in [5.74, 6) is 0.660. The van der Waals surface area contributed by atoms with E-state index in [-0.39, 0.29) is 5.91 Å². The van der Waals surface area contributed by atoms with Crippen LogP contribution in [-0.2, 0) is 11.3 Å². The number of nitrogens with one attached hydrogen (secondary N) is 2. The van der Waals surface area contributed by atoms with Crippen molar-refractivity contribution in [1.82, 2.24) is 20.0 Å². The molecular weight excluding hydrogens is 326 g/mol. The van der Waals surface area contributed by atoms with Crippen LogP contribution in [0.25, 0.3) is 0 Å². The SMILES string of the molecule is C[C@H]1CNCCN1CC(=O)Nc1ccnn1Cc1ccccc1Cl. The Labute approximate surface area is 146 Å². The molecule has 128 valence electrons. The van der Waals surface area contributed by atoms with Crippen LogP contribution >= 0.6 is 11.6 Å². The number of carbonyl (C=O) groups excluding carboxylic acids is 1. The van der Waals surface area contributed by atoms with Crippen LogP contribution in [0.15, 0.2) is 36.5 Å². The van der Waals surface area contributed by atoms with Crippen LogP contribution in [0.5, 0.6) is 0 Å². The average Bonchev–Trinajstić information content (AvgIpc) is 2.99. The Morgan fingerprint density at radius 2 is 2.25 bits per heavy atom. The van der Waals surface area contributed by atoms with E-state index in [1.165, 1.54) is 0 Å².